The van der Waals surface area contributed by atoms with E-state index in [2.05, 4.69) is 4.99 Å². The minimum Gasteiger partial charge on any atom is -0.487 e. The summed E-state index contributed by atoms with van der Waals surface area (Å²) in [5, 5.41) is 1.25. The van der Waals surface area contributed by atoms with E-state index >= 15 is 0 Å². The third-order valence-corrected chi connectivity index (χ3v) is 8.91. The van der Waals surface area contributed by atoms with Crippen molar-refractivity contribution in [2.45, 2.75) is 25.7 Å². The Labute approximate surface area is 281 Å². The first-order chi connectivity index (χ1) is 20.9. The third-order valence-electron chi connectivity index (χ3n) is 6.40. The first-order valence-corrected chi connectivity index (χ1v) is 15.8. The van der Waals surface area contributed by atoms with E-state index in [1.165, 1.54) is 37.3 Å². The molecule has 5 rings (SSSR count). The molecule has 1 aliphatic heterocycles. The molecule has 0 aliphatic carbocycles. The molecular formula is C30H19Cl3F3IN2O4S. The Bertz CT molecular complexity index is 1960. The van der Waals surface area contributed by atoms with Crippen molar-refractivity contribution in [3.63, 3.8) is 0 Å². The van der Waals surface area contributed by atoms with Crippen molar-refractivity contribution < 1.29 is 27.4 Å². The molecule has 228 valence electrons. The Hall–Kier alpha value is -2.84. The van der Waals surface area contributed by atoms with Crippen LogP contribution >= 0.6 is 68.7 Å². The highest BCUT2D eigenvalue weighted by Gasteiger charge is 2.45. The van der Waals surface area contributed by atoms with Gasteiger partial charge in [0.2, 0.25) is 0 Å². The topological polar surface area (TPSA) is 69.9 Å². The second-order valence-electron chi connectivity index (χ2n) is 9.34. The van der Waals surface area contributed by atoms with Gasteiger partial charge >= 0.3 is 12.1 Å². The van der Waals surface area contributed by atoms with Crippen LogP contribution in [0.5, 0.6) is 5.75 Å². The van der Waals surface area contributed by atoms with Gasteiger partial charge in [-0.2, -0.15) is 13.2 Å². The molecule has 44 heavy (non-hydrogen) atoms. The molecule has 0 amide bonds. The van der Waals surface area contributed by atoms with Gasteiger partial charge in [-0.25, -0.2) is 9.79 Å². The van der Waals surface area contributed by atoms with Crippen LogP contribution < -0.4 is 19.6 Å². The lowest BCUT2D eigenvalue weighted by atomic mass is 9.95. The minimum atomic E-state index is -5.02. The van der Waals surface area contributed by atoms with E-state index in [9.17, 15) is 22.8 Å². The Kier molecular flexibility index (Phi) is 9.81. The molecule has 0 N–H and O–H groups in total. The van der Waals surface area contributed by atoms with E-state index in [1.54, 1.807) is 36.4 Å². The average Bonchev–Trinajstić information content (AvgIpc) is 3.27. The summed E-state index contributed by atoms with van der Waals surface area (Å²) in [4.78, 5) is 30.5. The Balaban J connectivity index is 1.71. The summed E-state index contributed by atoms with van der Waals surface area (Å²) in [5.41, 5.74) is -1.44. The van der Waals surface area contributed by atoms with E-state index in [0.717, 1.165) is 21.5 Å². The van der Waals surface area contributed by atoms with Gasteiger partial charge in [0.05, 0.1) is 26.3 Å². The van der Waals surface area contributed by atoms with E-state index < -0.39 is 35.0 Å². The van der Waals surface area contributed by atoms with Gasteiger partial charge in [0.1, 0.15) is 12.4 Å². The van der Waals surface area contributed by atoms with Crippen LogP contribution in [-0.4, -0.2) is 23.3 Å². The molecule has 0 bridgehead atoms. The Morgan fingerprint density at radius 3 is 2.30 bits per heavy atom. The molecule has 4 aromatic rings. The standard InChI is InChI=1S/C30H19Cl3F3IN2O4S/c1-2-42-28(41)23-24(16-5-9-19(32)10-6-16)39-27(40)22(44-29(39)38-26(23)30(34,35)36)12-17-11-20(33)13-21(37)25(17)43-14-15-3-7-18(31)8-4-15/h3-13,24H,2,14H2,1H3/b22-12-/t24-/m1/s1. The number of carbonyl (C=O) groups excluding carboxylic acids is 1. The summed E-state index contributed by atoms with van der Waals surface area (Å²) in [6, 6.07) is 14.7. The van der Waals surface area contributed by atoms with Crippen molar-refractivity contribution in [3.8, 4) is 5.75 Å². The fourth-order valence-electron chi connectivity index (χ4n) is 4.52. The molecule has 14 heteroatoms. The number of alkyl halides is 3. The van der Waals surface area contributed by atoms with E-state index in [0.29, 0.717) is 30.0 Å². The number of thiazole rings is 1. The zero-order valence-corrected chi connectivity index (χ0v) is 27.7. The summed E-state index contributed by atoms with van der Waals surface area (Å²) < 4.78 is 56.0. The van der Waals surface area contributed by atoms with Crippen LogP contribution in [0, 0.1) is 3.57 Å². The first-order valence-electron chi connectivity index (χ1n) is 12.8. The van der Waals surface area contributed by atoms with Crippen molar-refractivity contribution in [2.75, 3.05) is 6.61 Å². The second-order valence-corrected chi connectivity index (χ2v) is 12.8. The monoisotopic (exact) mass is 792 g/mol. The largest absolute Gasteiger partial charge is 0.487 e. The van der Waals surface area contributed by atoms with Gasteiger partial charge in [-0.05, 0) is 83.1 Å². The maximum absolute atomic E-state index is 14.4. The van der Waals surface area contributed by atoms with Crippen LogP contribution in [-0.2, 0) is 16.1 Å². The minimum absolute atomic E-state index is 0.0451. The lowest BCUT2D eigenvalue weighted by Crippen LogP contribution is -2.41. The quantitative estimate of drug-likeness (QED) is 0.144. The third kappa shape index (κ3) is 6.86. The molecule has 0 radical (unpaired) electrons. The average molecular weight is 794 g/mol. The number of fused-ring (bicyclic) bond motifs is 1. The predicted octanol–water partition coefficient (Wildman–Crippen LogP) is 7.48. The molecule has 0 saturated heterocycles. The van der Waals surface area contributed by atoms with Crippen LogP contribution in [0.1, 0.15) is 29.7 Å². The fraction of sp³-hybridized carbons (Fsp3) is 0.167. The molecule has 0 fully saturated rings. The number of aromatic nitrogens is 1. The number of allylic oxidation sites excluding steroid dienone is 1. The zero-order valence-electron chi connectivity index (χ0n) is 22.4. The molecule has 0 spiro atoms. The molecule has 3 aromatic carbocycles. The Morgan fingerprint density at radius 1 is 1.05 bits per heavy atom. The molecule has 6 nitrogen and oxygen atoms in total. The zero-order chi connectivity index (χ0) is 31.8. The normalized spacial score (nSPS) is 15.2. The Morgan fingerprint density at radius 2 is 1.68 bits per heavy atom. The smallest absolute Gasteiger partial charge is 0.434 e. The highest BCUT2D eigenvalue weighted by atomic mass is 127. The SMILES string of the molecule is CCOC(=O)C1=C(C(F)(F)F)N=c2s/c(=C\c3cc(Cl)cc(I)c3OCc3ccc(Cl)cc3)c(=O)n2[C@@H]1c1ccc(Cl)cc1. The number of hydrogen-bond donors (Lipinski definition) is 0. The van der Waals surface area contributed by atoms with Crippen LogP contribution in [0.15, 0.2) is 81.7 Å². The second kappa shape index (κ2) is 13.3. The highest BCUT2D eigenvalue weighted by Crippen LogP contribution is 2.38. The van der Waals surface area contributed by atoms with Gasteiger partial charge in [0.15, 0.2) is 10.5 Å². The number of nitrogens with zero attached hydrogens (tertiary/aromatic N) is 2. The van der Waals surface area contributed by atoms with Crippen LogP contribution in [0.4, 0.5) is 13.2 Å². The summed E-state index contributed by atoms with van der Waals surface area (Å²) in [5.74, 6) is -0.826. The fourth-order valence-corrected chi connectivity index (χ4v) is 6.98. The number of esters is 1. The molecule has 1 aliphatic rings. The molecular weight excluding hydrogens is 775 g/mol. The van der Waals surface area contributed by atoms with Gasteiger partial charge in [-0.1, -0.05) is 70.4 Å². The van der Waals surface area contributed by atoms with Gasteiger partial charge in [-0.15, -0.1) is 0 Å². The predicted molar refractivity (Wildman–Crippen MR) is 172 cm³/mol. The van der Waals surface area contributed by atoms with Crippen molar-refractivity contribution in [3.05, 3.63) is 127 Å². The van der Waals surface area contributed by atoms with Gasteiger partial charge < -0.3 is 9.47 Å². The summed E-state index contributed by atoms with van der Waals surface area (Å²) in [7, 11) is 0. The first kappa shape index (κ1) is 32.6. The molecule has 2 heterocycles. The van der Waals surface area contributed by atoms with Crippen LogP contribution in [0.2, 0.25) is 15.1 Å². The van der Waals surface area contributed by atoms with Crippen molar-refractivity contribution >= 4 is 80.8 Å². The number of carbonyl (C=O) groups is 1. The van der Waals surface area contributed by atoms with Gasteiger partial charge in [0, 0.05) is 20.6 Å². The van der Waals surface area contributed by atoms with E-state index in [4.69, 9.17) is 44.3 Å². The maximum atomic E-state index is 14.4. The van der Waals surface area contributed by atoms with E-state index in [-0.39, 0.29) is 28.1 Å². The maximum Gasteiger partial charge on any atom is 0.434 e. The summed E-state index contributed by atoms with van der Waals surface area (Å²) in [6.07, 6.45) is -3.54. The summed E-state index contributed by atoms with van der Waals surface area (Å²) >= 11 is 21.2. The van der Waals surface area contributed by atoms with Gasteiger partial charge in [-0.3, -0.25) is 9.36 Å². The van der Waals surface area contributed by atoms with Gasteiger partial charge in [0.25, 0.3) is 5.56 Å². The summed E-state index contributed by atoms with van der Waals surface area (Å²) in [6.45, 7) is 1.46. The molecule has 0 saturated carbocycles. The van der Waals surface area contributed by atoms with Crippen molar-refractivity contribution in [2.24, 2.45) is 4.99 Å². The lowest BCUT2D eigenvalue weighted by Gasteiger charge is -2.26. The lowest BCUT2D eigenvalue weighted by molar-refractivity contribution is -0.140. The molecule has 1 atom stereocenters. The van der Waals surface area contributed by atoms with Crippen LogP contribution in [0.25, 0.3) is 6.08 Å². The number of ether oxygens (including phenoxy) is 2. The van der Waals surface area contributed by atoms with Crippen molar-refractivity contribution in [1.82, 2.24) is 4.57 Å². The highest BCUT2D eigenvalue weighted by molar-refractivity contribution is 14.1. The number of benzene rings is 3. The molecule has 0 unspecified atom stereocenters. The number of hydrogen-bond acceptors (Lipinski definition) is 6. The number of rotatable bonds is 7. The molecule has 1 aromatic heterocycles. The van der Waals surface area contributed by atoms with Crippen LogP contribution in [0.3, 0.4) is 0 Å². The number of halogens is 7. The van der Waals surface area contributed by atoms with Crippen molar-refractivity contribution in [1.29, 1.82) is 0 Å². The van der Waals surface area contributed by atoms with E-state index in [1.807, 2.05) is 22.6 Å².